The minimum atomic E-state index is -0.179. The highest BCUT2D eigenvalue weighted by molar-refractivity contribution is 5.25. The normalized spacial score (nSPS) is 9.18. The van der Waals surface area contributed by atoms with Gasteiger partial charge < -0.3 is 5.11 Å². The highest BCUT2D eigenvalue weighted by atomic mass is 16.3. The maximum Gasteiger partial charge on any atom is 0.162 e. The van der Waals surface area contributed by atoms with E-state index in [9.17, 15) is 0 Å². The first-order valence-corrected chi connectivity index (χ1v) is 3.11. The summed E-state index contributed by atoms with van der Waals surface area (Å²) >= 11 is 0. The third-order valence-electron chi connectivity index (χ3n) is 1.27. The van der Waals surface area contributed by atoms with Crippen LogP contribution in [0.15, 0.2) is 6.20 Å². The summed E-state index contributed by atoms with van der Waals surface area (Å²) in [4.78, 5) is 7.71. The van der Waals surface area contributed by atoms with Crippen LogP contribution in [0.4, 0.5) is 0 Å². The number of hydrogen-bond acceptors (Lipinski definition) is 4. The van der Waals surface area contributed by atoms with Gasteiger partial charge in [-0.2, -0.15) is 5.26 Å². The van der Waals surface area contributed by atoms with Gasteiger partial charge in [0.25, 0.3) is 0 Å². The van der Waals surface area contributed by atoms with Gasteiger partial charge in [0.15, 0.2) is 5.69 Å². The van der Waals surface area contributed by atoms with Crippen molar-refractivity contribution in [1.29, 1.82) is 5.26 Å². The topological polar surface area (TPSA) is 69.8 Å². The van der Waals surface area contributed by atoms with Crippen molar-refractivity contribution in [2.45, 2.75) is 13.5 Å². The van der Waals surface area contributed by atoms with Crippen LogP contribution in [-0.2, 0) is 6.61 Å². The molecule has 1 heterocycles. The van der Waals surface area contributed by atoms with Gasteiger partial charge in [-0.05, 0) is 6.92 Å². The maximum atomic E-state index is 8.64. The number of hydrogen-bond donors (Lipinski definition) is 1. The van der Waals surface area contributed by atoms with Gasteiger partial charge in [-0.1, -0.05) is 0 Å². The van der Waals surface area contributed by atoms with Crippen LogP contribution in [0.1, 0.15) is 17.1 Å². The quantitative estimate of drug-likeness (QED) is 0.617. The molecule has 0 atom stereocenters. The molecule has 0 saturated heterocycles. The molecule has 0 saturated carbocycles. The van der Waals surface area contributed by atoms with Gasteiger partial charge in [0.05, 0.1) is 24.2 Å². The molecule has 0 bridgehead atoms. The van der Waals surface area contributed by atoms with Gasteiger partial charge in [-0.15, -0.1) is 0 Å². The lowest BCUT2D eigenvalue weighted by Gasteiger charge is -1.96. The molecule has 0 aliphatic rings. The highest BCUT2D eigenvalue weighted by Gasteiger charge is 2.00. The third kappa shape index (κ3) is 1.51. The fraction of sp³-hybridized carbons (Fsp3) is 0.286. The van der Waals surface area contributed by atoms with Gasteiger partial charge in [0.2, 0.25) is 0 Å². The van der Waals surface area contributed by atoms with Crippen LogP contribution in [-0.4, -0.2) is 15.1 Å². The molecular weight excluding hydrogens is 142 g/mol. The SMILES string of the molecule is Cc1ncc(CO)nc1C#N. The molecule has 0 aromatic carbocycles. The number of nitrogens with zero attached hydrogens (tertiary/aromatic N) is 3. The molecule has 1 aromatic rings. The molecule has 0 unspecified atom stereocenters. The van der Waals surface area contributed by atoms with Crippen molar-refractivity contribution in [1.82, 2.24) is 9.97 Å². The van der Waals surface area contributed by atoms with Gasteiger partial charge in [0.1, 0.15) is 6.07 Å². The molecule has 0 fully saturated rings. The second-order valence-electron chi connectivity index (χ2n) is 2.07. The Bertz CT molecular complexity index is 303. The monoisotopic (exact) mass is 149 g/mol. The summed E-state index contributed by atoms with van der Waals surface area (Å²) in [5.41, 5.74) is 1.29. The first kappa shape index (κ1) is 7.63. The number of aliphatic hydroxyl groups excluding tert-OH is 1. The molecular formula is C7H7N3O. The fourth-order valence-electron chi connectivity index (χ4n) is 0.668. The van der Waals surface area contributed by atoms with E-state index in [1.807, 2.05) is 6.07 Å². The van der Waals surface area contributed by atoms with Crippen LogP contribution >= 0.6 is 0 Å². The van der Waals surface area contributed by atoms with Crippen LogP contribution in [0, 0.1) is 18.3 Å². The second-order valence-corrected chi connectivity index (χ2v) is 2.07. The Morgan fingerprint density at radius 2 is 2.45 bits per heavy atom. The highest BCUT2D eigenvalue weighted by Crippen LogP contribution is 2.00. The summed E-state index contributed by atoms with van der Waals surface area (Å²) in [6.45, 7) is 1.52. The summed E-state index contributed by atoms with van der Waals surface area (Å²) in [6, 6.07) is 1.89. The van der Waals surface area contributed by atoms with Crippen LogP contribution in [0.5, 0.6) is 0 Å². The second kappa shape index (κ2) is 3.08. The number of aryl methyl sites for hydroxylation is 1. The average Bonchev–Trinajstić information content (AvgIpc) is 2.05. The Balaban J connectivity index is 3.15. The number of aliphatic hydroxyl groups is 1. The maximum absolute atomic E-state index is 8.64. The third-order valence-corrected chi connectivity index (χ3v) is 1.27. The molecule has 0 aliphatic heterocycles. The van der Waals surface area contributed by atoms with E-state index in [0.29, 0.717) is 11.4 Å². The van der Waals surface area contributed by atoms with Gasteiger partial charge in [0, 0.05) is 0 Å². The summed E-state index contributed by atoms with van der Waals surface area (Å²) in [5, 5.41) is 17.1. The van der Waals surface area contributed by atoms with Crippen molar-refractivity contribution >= 4 is 0 Å². The molecule has 1 aromatic heterocycles. The van der Waals surface area contributed by atoms with E-state index in [2.05, 4.69) is 9.97 Å². The molecule has 4 nitrogen and oxygen atoms in total. The zero-order valence-corrected chi connectivity index (χ0v) is 6.07. The Morgan fingerprint density at radius 1 is 1.73 bits per heavy atom. The lowest BCUT2D eigenvalue weighted by Crippen LogP contribution is -1.97. The van der Waals surface area contributed by atoms with E-state index in [1.54, 1.807) is 6.92 Å². The van der Waals surface area contributed by atoms with Crippen LogP contribution in [0.2, 0.25) is 0 Å². The first-order valence-electron chi connectivity index (χ1n) is 3.11. The summed E-state index contributed by atoms with van der Waals surface area (Å²) < 4.78 is 0. The standard InChI is InChI=1S/C7H7N3O/c1-5-7(2-8)10-6(4-11)3-9-5/h3,11H,4H2,1H3. The summed E-state index contributed by atoms with van der Waals surface area (Å²) in [5.74, 6) is 0. The van der Waals surface area contributed by atoms with Crippen LogP contribution in [0.25, 0.3) is 0 Å². The van der Waals surface area contributed by atoms with E-state index in [-0.39, 0.29) is 12.3 Å². The Hall–Kier alpha value is -1.47. The lowest BCUT2D eigenvalue weighted by molar-refractivity contribution is 0.276. The predicted octanol–water partition coefficient (Wildman–Crippen LogP) is 0.149. The molecule has 0 spiro atoms. The summed E-state index contributed by atoms with van der Waals surface area (Å²) in [6.07, 6.45) is 1.45. The molecule has 11 heavy (non-hydrogen) atoms. The zero-order valence-electron chi connectivity index (χ0n) is 6.07. The minimum absolute atomic E-state index is 0.179. The van der Waals surface area contributed by atoms with Crippen molar-refractivity contribution in [3.63, 3.8) is 0 Å². The Kier molecular flexibility index (Phi) is 2.14. The summed E-state index contributed by atoms with van der Waals surface area (Å²) in [7, 11) is 0. The molecule has 0 aliphatic carbocycles. The number of aromatic nitrogens is 2. The molecule has 4 heteroatoms. The van der Waals surface area contributed by atoms with E-state index in [0.717, 1.165) is 0 Å². The predicted molar refractivity (Wildman–Crippen MR) is 37.4 cm³/mol. The van der Waals surface area contributed by atoms with Crippen molar-refractivity contribution in [2.24, 2.45) is 0 Å². The van der Waals surface area contributed by atoms with Crippen LogP contribution < -0.4 is 0 Å². The minimum Gasteiger partial charge on any atom is -0.390 e. The van der Waals surface area contributed by atoms with Gasteiger partial charge in [-0.25, -0.2) is 4.98 Å². The molecule has 1 rings (SSSR count). The number of nitriles is 1. The molecule has 0 amide bonds. The zero-order chi connectivity index (χ0) is 8.27. The Morgan fingerprint density at radius 3 is 3.00 bits per heavy atom. The lowest BCUT2D eigenvalue weighted by atomic mass is 10.3. The molecule has 1 N–H and O–H groups in total. The molecule has 56 valence electrons. The van der Waals surface area contributed by atoms with E-state index in [4.69, 9.17) is 10.4 Å². The average molecular weight is 149 g/mol. The Labute approximate surface area is 64.2 Å². The van der Waals surface area contributed by atoms with E-state index >= 15 is 0 Å². The van der Waals surface area contributed by atoms with Crippen molar-refractivity contribution in [3.05, 3.63) is 23.3 Å². The van der Waals surface area contributed by atoms with Crippen molar-refractivity contribution in [3.8, 4) is 6.07 Å². The van der Waals surface area contributed by atoms with Crippen molar-refractivity contribution < 1.29 is 5.11 Å². The largest absolute Gasteiger partial charge is 0.390 e. The first-order chi connectivity index (χ1) is 5.27. The van der Waals surface area contributed by atoms with Gasteiger partial charge in [-0.3, -0.25) is 4.98 Å². The van der Waals surface area contributed by atoms with E-state index in [1.165, 1.54) is 6.20 Å². The van der Waals surface area contributed by atoms with E-state index < -0.39 is 0 Å². The van der Waals surface area contributed by atoms with Gasteiger partial charge >= 0.3 is 0 Å². The fourth-order valence-corrected chi connectivity index (χ4v) is 0.668. The smallest absolute Gasteiger partial charge is 0.162 e. The molecule has 0 radical (unpaired) electrons. The van der Waals surface area contributed by atoms with Crippen molar-refractivity contribution in [2.75, 3.05) is 0 Å². The number of rotatable bonds is 1. The van der Waals surface area contributed by atoms with Crippen LogP contribution in [0.3, 0.4) is 0 Å².